The van der Waals surface area contributed by atoms with E-state index in [4.69, 9.17) is 11.6 Å². The molecule has 184 valence electrons. The van der Waals surface area contributed by atoms with Crippen LogP contribution in [0.15, 0.2) is 41.3 Å². The summed E-state index contributed by atoms with van der Waals surface area (Å²) in [5.74, 6) is -1.15. The Morgan fingerprint density at radius 1 is 1.06 bits per heavy atom. The minimum Gasteiger partial charge on any atom is -0.506 e. The third kappa shape index (κ3) is 6.49. The minimum atomic E-state index is -3.92. The zero-order valence-electron chi connectivity index (χ0n) is 19.2. The van der Waals surface area contributed by atoms with Gasteiger partial charge in [-0.3, -0.25) is 9.59 Å². The molecule has 0 aromatic heterocycles. The molecule has 0 saturated heterocycles. The van der Waals surface area contributed by atoms with E-state index in [2.05, 4.69) is 15.4 Å². The van der Waals surface area contributed by atoms with Crippen molar-refractivity contribution < 1.29 is 23.1 Å². The van der Waals surface area contributed by atoms with Gasteiger partial charge in [0.05, 0.1) is 21.3 Å². The molecular formula is C24H30ClN3O5S. The lowest BCUT2D eigenvalue weighted by molar-refractivity contribution is -0.120. The molecule has 2 aromatic carbocycles. The molecule has 1 unspecified atom stereocenters. The number of halogens is 1. The Kier molecular flexibility index (Phi) is 8.57. The summed E-state index contributed by atoms with van der Waals surface area (Å²) in [6, 6.07) is 7.83. The van der Waals surface area contributed by atoms with E-state index in [1.807, 2.05) is 6.92 Å². The predicted octanol–water partition coefficient (Wildman–Crippen LogP) is 4.57. The van der Waals surface area contributed by atoms with E-state index in [-0.39, 0.29) is 45.3 Å². The number of carbonyl (C=O) groups excluding carboxylic acids is 2. The molecular weight excluding hydrogens is 478 g/mol. The Hall–Kier alpha value is -2.62. The monoisotopic (exact) mass is 507 g/mol. The molecule has 0 spiro atoms. The van der Waals surface area contributed by atoms with E-state index < -0.39 is 22.0 Å². The number of carbonyl (C=O) groups is 2. The Bertz CT molecular complexity index is 1150. The molecule has 1 aliphatic carbocycles. The van der Waals surface area contributed by atoms with Gasteiger partial charge in [-0.15, -0.1) is 0 Å². The topological polar surface area (TPSA) is 125 Å². The van der Waals surface area contributed by atoms with Gasteiger partial charge in [0, 0.05) is 12.0 Å². The van der Waals surface area contributed by atoms with Gasteiger partial charge in [-0.05, 0) is 44.4 Å². The van der Waals surface area contributed by atoms with Gasteiger partial charge in [0.2, 0.25) is 21.8 Å². The number of benzene rings is 2. The molecule has 0 bridgehead atoms. The van der Waals surface area contributed by atoms with Gasteiger partial charge in [0.1, 0.15) is 11.8 Å². The van der Waals surface area contributed by atoms with Gasteiger partial charge in [0.15, 0.2) is 0 Å². The van der Waals surface area contributed by atoms with Crippen molar-refractivity contribution in [1.29, 1.82) is 0 Å². The lowest BCUT2D eigenvalue weighted by atomic mass is 9.88. The molecule has 3 rings (SSSR count). The molecule has 8 nitrogen and oxygen atoms in total. The lowest BCUT2D eigenvalue weighted by Gasteiger charge is -2.21. The number of phenolic OH excluding ortho intramolecular Hbond substituents is 1. The first kappa shape index (κ1) is 26.0. The number of sulfonamides is 1. The quantitative estimate of drug-likeness (QED) is 0.389. The zero-order chi connectivity index (χ0) is 24.9. The van der Waals surface area contributed by atoms with E-state index in [9.17, 15) is 23.1 Å². The van der Waals surface area contributed by atoms with Gasteiger partial charge in [-0.2, -0.15) is 4.72 Å². The lowest BCUT2D eigenvalue weighted by Crippen LogP contribution is -2.43. The van der Waals surface area contributed by atoms with Crippen molar-refractivity contribution >= 4 is 44.8 Å². The fourth-order valence-electron chi connectivity index (χ4n) is 3.87. The van der Waals surface area contributed by atoms with Crippen molar-refractivity contribution in [1.82, 2.24) is 4.72 Å². The number of hydrogen-bond acceptors (Lipinski definition) is 5. The van der Waals surface area contributed by atoms with Gasteiger partial charge in [-0.25, -0.2) is 8.42 Å². The summed E-state index contributed by atoms with van der Waals surface area (Å²) in [4.78, 5) is 25.3. The highest BCUT2D eigenvalue weighted by Crippen LogP contribution is 2.35. The number of amides is 2. The van der Waals surface area contributed by atoms with E-state index in [0.717, 1.165) is 37.7 Å². The average Bonchev–Trinajstić information content (AvgIpc) is 2.81. The molecule has 1 aliphatic rings. The number of aromatic hydroxyl groups is 1. The summed E-state index contributed by atoms with van der Waals surface area (Å²) in [5.41, 5.74) is 1.18. The average molecular weight is 508 g/mol. The van der Waals surface area contributed by atoms with Crippen molar-refractivity contribution in [3.8, 4) is 5.75 Å². The van der Waals surface area contributed by atoms with Crippen molar-refractivity contribution in [2.24, 2.45) is 5.92 Å². The van der Waals surface area contributed by atoms with Crippen molar-refractivity contribution in [3.05, 3.63) is 47.0 Å². The van der Waals surface area contributed by atoms with Crippen LogP contribution in [0.4, 0.5) is 11.4 Å². The molecule has 1 fully saturated rings. The SMILES string of the molecule is CCC(NS(=O)(=O)c1ccc(C)cc1)C(=O)Nc1cc(O)c(NC(=O)C2CCCCC2)cc1Cl. The molecule has 0 radical (unpaired) electrons. The third-order valence-corrected chi connectivity index (χ3v) is 7.73. The highest BCUT2D eigenvalue weighted by molar-refractivity contribution is 7.89. The number of aryl methyl sites for hydroxylation is 1. The standard InChI is InChI=1S/C24H30ClN3O5S/c1-3-19(28-34(32,33)17-11-9-15(2)10-12-17)24(31)26-20-14-22(29)21(13-18(20)25)27-23(30)16-7-5-4-6-8-16/h9-14,16,19,28-29H,3-8H2,1-2H3,(H,26,31)(H,27,30). The number of nitrogens with one attached hydrogen (secondary N) is 3. The summed E-state index contributed by atoms with van der Waals surface area (Å²) in [5, 5.41) is 15.8. The molecule has 0 heterocycles. The highest BCUT2D eigenvalue weighted by Gasteiger charge is 2.26. The first-order valence-corrected chi connectivity index (χ1v) is 13.2. The van der Waals surface area contributed by atoms with Crippen LogP contribution in [0.1, 0.15) is 51.0 Å². The van der Waals surface area contributed by atoms with Crippen LogP contribution in [-0.4, -0.2) is 31.4 Å². The maximum absolute atomic E-state index is 12.8. The molecule has 1 atom stereocenters. The molecule has 2 aromatic rings. The van der Waals surface area contributed by atoms with Crippen LogP contribution >= 0.6 is 11.6 Å². The molecule has 34 heavy (non-hydrogen) atoms. The van der Waals surface area contributed by atoms with Crippen LogP contribution < -0.4 is 15.4 Å². The number of phenols is 1. The highest BCUT2D eigenvalue weighted by atomic mass is 35.5. The second-order valence-electron chi connectivity index (χ2n) is 8.56. The smallest absolute Gasteiger partial charge is 0.242 e. The van der Waals surface area contributed by atoms with Crippen LogP contribution in [0.25, 0.3) is 0 Å². The van der Waals surface area contributed by atoms with Gasteiger partial charge < -0.3 is 15.7 Å². The number of anilines is 2. The second-order valence-corrected chi connectivity index (χ2v) is 10.7. The fourth-order valence-corrected chi connectivity index (χ4v) is 5.36. The number of rotatable bonds is 8. The van der Waals surface area contributed by atoms with Crippen LogP contribution in [0.2, 0.25) is 5.02 Å². The van der Waals surface area contributed by atoms with Crippen LogP contribution in [0, 0.1) is 12.8 Å². The van der Waals surface area contributed by atoms with Crippen molar-refractivity contribution in [2.45, 2.75) is 63.3 Å². The van der Waals surface area contributed by atoms with Crippen molar-refractivity contribution in [3.63, 3.8) is 0 Å². The summed E-state index contributed by atoms with van der Waals surface area (Å²) in [6.07, 6.45) is 4.94. The maximum Gasteiger partial charge on any atom is 0.242 e. The van der Waals surface area contributed by atoms with Crippen LogP contribution in [-0.2, 0) is 19.6 Å². The predicted molar refractivity (Wildman–Crippen MR) is 133 cm³/mol. The van der Waals surface area contributed by atoms with Gasteiger partial charge >= 0.3 is 0 Å². The maximum atomic E-state index is 12.8. The van der Waals surface area contributed by atoms with E-state index >= 15 is 0 Å². The molecule has 10 heteroatoms. The molecule has 0 aliphatic heterocycles. The Morgan fingerprint density at radius 2 is 1.71 bits per heavy atom. The van der Waals surface area contributed by atoms with E-state index in [1.165, 1.54) is 24.3 Å². The molecule has 4 N–H and O–H groups in total. The molecule has 1 saturated carbocycles. The molecule has 2 amide bonds. The largest absolute Gasteiger partial charge is 0.506 e. The second kappa shape index (κ2) is 11.2. The summed E-state index contributed by atoms with van der Waals surface area (Å²) in [6.45, 7) is 3.52. The normalized spacial score (nSPS) is 15.5. The first-order chi connectivity index (χ1) is 16.1. The summed E-state index contributed by atoms with van der Waals surface area (Å²) < 4.78 is 27.7. The van der Waals surface area contributed by atoms with Crippen LogP contribution in [0.5, 0.6) is 5.75 Å². The van der Waals surface area contributed by atoms with Gasteiger partial charge in [-0.1, -0.05) is 55.5 Å². The van der Waals surface area contributed by atoms with E-state index in [1.54, 1.807) is 19.1 Å². The Labute approximate surface area is 205 Å². The Balaban J connectivity index is 1.69. The minimum absolute atomic E-state index is 0.0538. The fraction of sp³-hybridized carbons (Fsp3) is 0.417. The van der Waals surface area contributed by atoms with Crippen molar-refractivity contribution in [2.75, 3.05) is 10.6 Å². The summed E-state index contributed by atoms with van der Waals surface area (Å²) >= 11 is 6.29. The van der Waals surface area contributed by atoms with Gasteiger partial charge in [0.25, 0.3) is 0 Å². The summed E-state index contributed by atoms with van der Waals surface area (Å²) in [7, 11) is -3.92. The Morgan fingerprint density at radius 3 is 2.32 bits per heavy atom. The first-order valence-electron chi connectivity index (χ1n) is 11.3. The number of hydrogen-bond donors (Lipinski definition) is 4. The van der Waals surface area contributed by atoms with E-state index in [0.29, 0.717) is 0 Å². The zero-order valence-corrected chi connectivity index (χ0v) is 20.8. The van der Waals surface area contributed by atoms with Crippen LogP contribution in [0.3, 0.4) is 0 Å². The third-order valence-electron chi connectivity index (χ3n) is 5.93.